The Morgan fingerprint density at radius 1 is 1.27 bits per heavy atom. The first-order chi connectivity index (χ1) is 10.5. The molecule has 0 N–H and O–H groups in total. The topological polar surface area (TPSA) is 20.3 Å². The van der Waals surface area contributed by atoms with Gasteiger partial charge in [-0.05, 0) is 55.5 Å². The summed E-state index contributed by atoms with van der Waals surface area (Å²) in [5, 5.41) is 0. The van der Waals surface area contributed by atoms with Gasteiger partial charge in [0.15, 0.2) is 0 Å². The number of allylic oxidation sites excluding steroid dienone is 3. The molecule has 0 fully saturated rings. The molecule has 0 radical (unpaired) electrons. The maximum absolute atomic E-state index is 14.6. The van der Waals surface area contributed by atoms with Crippen LogP contribution >= 0.6 is 0 Å². The highest BCUT2D eigenvalue weighted by Crippen LogP contribution is 2.30. The molecule has 0 bridgehead atoms. The Bertz CT molecular complexity index is 569. The van der Waals surface area contributed by atoms with Crippen LogP contribution < -0.4 is 4.90 Å². The normalized spacial score (nSPS) is 11.4. The van der Waals surface area contributed by atoms with E-state index in [9.17, 15) is 9.18 Å². The zero-order valence-electron chi connectivity index (χ0n) is 14.1. The summed E-state index contributed by atoms with van der Waals surface area (Å²) in [6.07, 6.45) is 4.40. The monoisotopic (exact) mass is 303 g/mol. The van der Waals surface area contributed by atoms with E-state index in [0.717, 1.165) is 37.8 Å². The van der Waals surface area contributed by atoms with E-state index in [1.54, 1.807) is 13.0 Å². The third-order valence-corrected chi connectivity index (χ3v) is 3.73. The first-order valence-corrected chi connectivity index (χ1v) is 7.86. The summed E-state index contributed by atoms with van der Waals surface area (Å²) in [4.78, 5) is 13.1. The predicted octanol–water partition coefficient (Wildman–Crippen LogP) is 4.92. The molecular formula is C19H26FNO. The van der Waals surface area contributed by atoms with Crippen LogP contribution in [0.4, 0.5) is 10.1 Å². The first-order valence-electron chi connectivity index (χ1n) is 7.86. The minimum Gasteiger partial charge on any atom is -0.369 e. The van der Waals surface area contributed by atoms with E-state index in [-0.39, 0.29) is 5.82 Å². The van der Waals surface area contributed by atoms with Crippen molar-refractivity contribution < 1.29 is 9.18 Å². The summed E-state index contributed by atoms with van der Waals surface area (Å²) in [6, 6.07) is 3.36. The second-order valence-corrected chi connectivity index (χ2v) is 5.45. The van der Waals surface area contributed by atoms with Gasteiger partial charge in [0.2, 0.25) is 0 Å². The van der Waals surface area contributed by atoms with Crippen LogP contribution in [0.25, 0.3) is 5.57 Å². The molecule has 0 saturated heterocycles. The molecule has 0 atom stereocenters. The molecule has 0 spiro atoms. The van der Waals surface area contributed by atoms with Gasteiger partial charge in [-0.3, -0.25) is 4.79 Å². The lowest BCUT2D eigenvalue weighted by atomic mass is 9.95. The SMILES string of the molecule is C=C(/C(C=O)=C\C)c1cc(F)c(N(CCC)CCC)cc1C. The van der Waals surface area contributed by atoms with Gasteiger partial charge in [-0.25, -0.2) is 4.39 Å². The van der Waals surface area contributed by atoms with Crippen molar-refractivity contribution in [1.82, 2.24) is 0 Å². The van der Waals surface area contributed by atoms with Crippen molar-refractivity contribution in [1.29, 1.82) is 0 Å². The van der Waals surface area contributed by atoms with Crippen LogP contribution in [0.2, 0.25) is 0 Å². The van der Waals surface area contributed by atoms with Crippen LogP contribution in [0.1, 0.15) is 44.7 Å². The van der Waals surface area contributed by atoms with E-state index in [1.807, 2.05) is 13.0 Å². The van der Waals surface area contributed by atoms with Crippen molar-refractivity contribution in [3.05, 3.63) is 47.3 Å². The Hall–Kier alpha value is -1.90. The molecule has 0 amide bonds. The van der Waals surface area contributed by atoms with E-state index < -0.39 is 0 Å². The van der Waals surface area contributed by atoms with Crippen molar-refractivity contribution in [3.8, 4) is 0 Å². The highest BCUT2D eigenvalue weighted by molar-refractivity contribution is 5.98. The molecule has 0 aliphatic carbocycles. The molecule has 0 aromatic heterocycles. The Labute approximate surface area is 133 Å². The van der Waals surface area contributed by atoms with Crippen molar-refractivity contribution >= 4 is 17.5 Å². The van der Waals surface area contributed by atoms with E-state index in [1.165, 1.54) is 6.07 Å². The molecule has 1 aromatic carbocycles. The molecule has 22 heavy (non-hydrogen) atoms. The average Bonchev–Trinajstić information content (AvgIpc) is 2.50. The third-order valence-electron chi connectivity index (χ3n) is 3.73. The first kappa shape index (κ1) is 18.1. The second-order valence-electron chi connectivity index (χ2n) is 5.45. The van der Waals surface area contributed by atoms with Crippen LogP contribution in [0.3, 0.4) is 0 Å². The van der Waals surface area contributed by atoms with Gasteiger partial charge in [0, 0.05) is 18.7 Å². The van der Waals surface area contributed by atoms with Crippen LogP contribution in [0.15, 0.2) is 30.4 Å². The van der Waals surface area contributed by atoms with E-state index in [2.05, 4.69) is 25.3 Å². The van der Waals surface area contributed by atoms with Gasteiger partial charge in [0.1, 0.15) is 12.1 Å². The quantitative estimate of drug-likeness (QED) is 0.386. The minimum atomic E-state index is -0.259. The average molecular weight is 303 g/mol. The van der Waals surface area contributed by atoms with Gasteiger partial charge in [-0.15, -0.1) is 0 Å². The summed E-state index contributed by atoms with van der Waals surface area (Å²) in [7, 11) is 0. The summed E-state index contributed by atoms with van der Waals surface area (Å²) in [5.74, 6) is -0.259. The van der Waals surface area contributed by atoms with Gasteiger partial charge in [-0.1, -0.05) is 26.5 Å². The van der Waals surface area contributed by atoms with Crippen molar-refractivity contribution in [2.75, 3.05) is 18.0 Å². The lowest BCUT2D eigenvalue weighted by molar-refractivity contribution is -0.104. The smallest absolute Gasteiger partial charge is 0.150 e. The summed E-state index contributed by atoms with van der Waals surface area (Å²) in [6.45, 7) is 13.5. The van der Waals surface area contributed by atoms with Crippen LogP contribution in [0, 0.1) is 12.7 Å². The van der Waals surface area contributed by atoms with Gasteiger partial charge in [-0.2, -0.15) is 0 Å². The van der Waals surface area contributed by atoms with E-state index in [4.69, 9.17) is 0 Å². The molecule has 0 heterocycles. The highest BCUT2D eigenvalue weighted by Gasteiger charge is 2.15. The van der Waals surface area contributed by atoms with Crippen molar-refractivity contribution in [2.24, 2.45) is 0 Å². The van der Waals surface area contributed by atoms with Gasteiger partial charge in [0.25, 0.3) is 0 Å². The number of nitrogens with zero attached hydrogens (tertiary/aromatic N) is 1. The van der Waals surface area contributed by atoms with Gasteiger partial charge >= 0.3 is 0 Å². The largest absolute Gasteiger partial charge is 0.369 e. The molecule has 0 aliphatic rings. The number of halogens is 1. The third kappa shape index (κ3) is 4.06. The number of benzene rings is 1. The Kier molecular flexibility index (Phi) is 7.03. The number of anilines is 1. The number of hydrogen-bond acceptors (Lipinski definition) is 2. The molecular weight excluding hydrogens is 277 g/mol. The standard InChI is InChI=1S/C19H26FNO/c1-6-9-21(10-7-2)19-11-14(4)17(12-18(19)20)15(5)16(8-3)13-22/h8,11-13H,5-7,9-10H2,1-4H3/b16-8-. The molecule has 0 saturated carbocycles. The summed E-state index contributed by atoms with van der Waals surface area (Å²) >= 11 is 0. The Balaban J connectivity index is 3.26. The van der Waals surface area contributed by atoms with E-state index >= 15 is 0 Å². The Morgan fingerprint density at radius 3 is 2.32 bits per heavy atom. The van der Waals surface area contributed by atoms with Crippen molar-refractivity contribution in [3.63, 3.8) is 0 Å². The number of aldehydes is 1. The fourth-order valence-electron chi connectivity index (χ4n) is 2.60. The zero-order valence-corrected chi connectivity index (χ0v) is 14.1. The molecule has 0 aliphatic heterocycles. The molecule has 3 heteroatoms. The summed E-state index contributed by atoms with van der Waals surface area (Å²) in [5.41, 5.74) is 3.31. The van der Waals surface area contributed by atoms with E-state index in [0.29, 0.717) is 22.4 Å². The second kappa shape index (κ2) is 8.52. The fraction of sp³-hybridized carbons (Fsp3) is 0.421. The van der Waals surface area contributed by atoms with Gasteiger partial charge < -0.3 is 4.90 Å². The van der Waals surface area contributed by atoms with Crippen molar-refractivity contribution in [2.45, 2.75) is 40.5 Å². The molecule has 120 valence electrons. The number of carbonyl (C=O) groups is 1. The maximum atomic E-state index is 14.6. The van der Waals surface area contributed by atoms with Crippen LogP contribution in [0.5, 0.6) is 0 Å². The fourth-order valence-corrected chi connectivity index (χ4v) is 2.60. The van der Waals surface area contributed by atoms with Gasteiger partial charge in [0.05, 0.1) is 5.69 Å². The lowest BCUT2D eigenvalue weighted by Crippen LogP contribution is -2.26. The molecule has 2 nitrogen and oxygen atoms in total. The number of carbonyl (C=O) groups excluding carboxylic acids is 1. The number of hydrogen-bond donors (Lipinski definition) is 0. The zero-order chi connectivity index (χ0) is 16.7. The molecule has 1 aromatic rings. The molecule has 0 unspecified atom stereocenters. The highest BCUT2D eigenvalue weighted by atomic mass is 19.1. The Morgan fingerprint density at radius 2 is 1.86 bits per heavy atom. The minimum absolute atomic E-state index is 0.259. The number of rotatable bonds is 8. The molecule has 1 rings (SSSR count). The summed E-state index contributed by atoms with van der Waals surface area (Å²) < 4.78 is 14.6. The maximum Gasteiger partial charge on any atom is 0.150 e. The van der Waals surface area contributed by atoms with Crippen LogP contribution in [-0.4, -0.2) is 19.4 Å². The lowest BCUT2D eigenvalue weighted by Gasteiger charge is -2.25. The van der Waals surface area contributed by atoms with Crippen LogP contribution in [-0.2, 0) is 4.79 Å². The predicted molar refractivity (Wildman–Crippen MR) is 92.8 cm³/mol. The number of aryl methyl sites for hydroxylation is 1.